The van der Waals surface area contributed by atoms with E-state index in [1.54, 1.807) is 19.2 Å². The lowest BCUT2D eigenvalue weighted by Gasteiger charge is -2.18. The average molecular weight is 273 g/mol. The average Bonchev–Trinajstić information content (AvgIpc) is 2.47. The van der Waals surface area contributed by atoms with Crippen LogP contribution >= 0.6 is 0 Å². The maximum absolute atomic E-state index is 13.4. The second kappa shape index (κ2) is 7.06. The maximum atomic E-state index is 13.4. The van der Waals surface area contributed by atoms with Gasteiger partial charge in [0.05, 0.1) is 7.11 Å². The van der Waals surface area contributed by atoms with Crippen molar-refractivity contribution in [3.63, 3.8) is 0 Å². The Morgan fingerprint density at radius 2 is 1.95 bits per heavy atom. The first-order chi connectivity index (χ1) is 9.74. The predicted octanol–water partition coefficient (Wildman–Crippen LogP) is 3.38. The third kappa shape index (κ3) is 3.58. The van der Waals surface area contributed by atoms with Gasteiger partial charge in [-0.2, -0.15) is 0 Å². The lowest BCUT2D eigenvalue weighted by atomic mass is 9.91. The molecule has 0 aromatic heterocycles. The maximum Gasteiger partial charge on any atom is 0.123 e. The molecule has 0 aliphatic heterocycles. The second-order valence-corrected chi connectivity index (χ2v) is 4.83. The van der Waals surface area contributed by atoms with Gasteiger partial charge in [0, 0.05) is 12.5 Å². The number of benzene rings is 2. The van der Waals surface area contributed by atoms with Crippen molar-refractivity contribution in [2.24, 2.45) is 0 Å². The Balaban J connectivity index is 2.25. The molecule has 0 radical (unpaired) electrons. The van der Waals surface area contributed by atoms with Crippen LogP contribution in [0.5, 0.6) is 5.75 Å². The molecule has 1 atom stereocenters. The van der Waals surface area contributed by atoms with E-state index in [9.17, 15) is 4.39 Å². The van der Waals surface area contributed by atoms with Crippen molar-refractivity contribution in [1.82, 2.24) is 5.32 Å². The van der Waals surface area contributed by atoms with Crippen molar-refractivity contribution in [3.8, 4) is 5.75 Å². The van der Waals surface area contributed by atoms with Gasteiger partial charge in [0.25, 0.3) is 0 Å². The van der Waals surface area contributed by atoms with Gasteiger partial charge in [0.2, 0.25) is 0 Å². The highest BCUT2D eigenvalue weighted by Gasteiger charge is 2.14. The molecule has 2 nitrogen and oxygen atoms in total. The number of halogens is 1. The molecule has 20 heavy (non-hydrogen) atoms. The van der Waals surface area contributed by atoms with E-state index < -0.39 is 0 Å². The van der Waals surface area contributed by atoms with Crippen LogP contribution < -0.4 is 10.1 Å². The number of hydrogen-bond acceptors (Lipinski definition) is 2. The lowest BCUT2D eigenvalue weighted by molar-refractivity contribution is 0.407. The van der Waals surface area contributed by atoms with Crippen LogP contribution in [-0.2, 0) is 6.42 Å². The largest absolute Gasteiger partial charge is 0.496 e. The Kier molecular flexibility index (Phi) is 5.13. The fraction of sp³-hybridized carbons (Fsp3) is 0.294. The SMILES string of the molecule is CNCC(Cc1ccccc1OC)c1cccc(F)c1. The summed E-state index contributed by atoms with van der Waals surface area (Å²) in [6.45, 7) is 0.793. The molecule has 2 aromatic rings. The molecule has 1 unspecified atom stereocenters. The Morgan fingerprint density at radius 1 is 1.15 bits per heavy atom. The van der Waals surface area contributed by atoms with Crippen LogP contribution in [0.4, 0.5) is 4.39 Å². The molecule has 2 rings (SSSR count). The Morgan fingerprint density at radius 3 is 2.65 bits per heavy atom. The zero-order valence-corrected chi connectivity index (χ0v) is 11.9. The van der Waals surface area contributed by atoms with Gasteiger partial charge in [-0.25, -0.2) is 4.39 Å². The molecule has 0 aliphatic carbocycles. The number of para-hydroxylation sites is 1. The zero-order chi connectivity index (χ0) is 14.4. The van der Waals surface area contributed by atoms with Gasteiger partial charge < -0.3 is 10.1 Å². The first-order valence-electron chi connectivity index (χ1n) is 6.76. The van der Waals surface area contributed by atoms with Crippen molar-refractivity contribution < 1.29 is 9.13 Å². The van der Waals surface area contributed by atoms with Crippen LogP contribution in [0.3, 0.4) is 0 Å². The highest BCUT2D eigenvalue weighted by Crippen LogP contribution is 2.26. The van der Waals surface area contributed by atoms with Crippen LogP contribution in [0.25, 0.3) is 0 Å². The quantitative estimate of drug-likeness (QED) is 0.871. The van der Waals surface area contributed by atoms with Crippen LogP contribution in [0.1, 0.15) is 17.0 Å². The summed E-state index contributed by atoms with van der Waals surface area (Å²) in [5.74, 6) is 0.903. The number of methoxy groups -OCH3 is 1. The smallest absolute Gasteiger partial charge is 0.123 e. The third-order valence-corrected chi connectivity index (χ3v) is 3.43. The van der Waals surface area contributed by atoms with Gasteiger partial charge in [-0.05, 0) is 42.8 Å². The van der Waals surface area contributed by atoms with Crippen LogP contribution in [-0.4, -0.2) is 20.7 Å². The molecule has 0 spiro atoms. The Bertz CT molecular complexity index is 556. The molecule has 0 bridgehead atoms. The molecule has 0 fully saturated rings. The topological polar surface area (TPSA) is 21.3 Å². The summed E-state index contributed by atoms with van der Waals surface area (Å²) in [5.41, 5.74) is 2.14. The van der Waals surface area contributed by atoms with Crippen LogP contribution in [0.2, 0.25) is 0 Å². The third-order valence-electron chi connectivity index (χ3n) is 3.43. The highest BCUT2D eigenvalue weighted by atomic mass is 19.1. The molecule has 1 N–H and O–H groups in total. The van der Waals surface area contributed by atoms with Crippen LogP contribution in [0.15, 0.2) is 48.5 Å². The van der Waals surface area contributed by atoms with Gasteiger partial charge in [0.15, 0.2) is 0 Å². The molecular weight excluding hydrogens is 253 g/mol. The number of hydrogen-bond donors (Lipinski definition) is 1. The minimum absolute atomic E-state index is 0.191. The molecule has 2 aromatic carbocycles. The van der Waals surface area contributed by atoms with Crippen molar-refractivity contribution in [2.45, 2.75) is 12.3 Å². The van der Waals surface area contributed by atoms with E-state index in [0.717, 1.165) is 29.8 Å². The summed E-state index contributed by atoms with van der Waals surface area (Å²) in [4.78, 5) is 0. The molecule has 0 aliphatic rings. The molecule has 0 amide bonds. The summed E-state index contributed by atoms with van der Waals surface area (Å²) in [5, 5.41) is 3.18. The fourth-order valence-corrected chi connectivity index (χ4v) is 2.45. The number of rotatable bonds is 6. The van der Waals surface area contributed by atoms with E-state index in [2.05, 4.69) is 11.4 Å². The van der Waals surface area contributed by atoms with E-state index >= 15 is 0 Å². The summed E-state index contributed by atoms with van der Waals surface area (Å²) in [6.07, 6.45) is 0.814. The number of ether oxygens (including phenoxy) is 1. The minimum Gasteiger partial charge on any atom is -0.496 e. The summed E-state index contributed by atoms with van der Waals surface area (Å²) >= 11 is 0. The van der Waals surface area contributed by atoms with E-state index in [0.29, 0.717) is 0 Å². The van der Waals surface area contributed by atoms with Gasteiger partial charge in [-0.15, -0.1) is 0 Å². The normalized spacial score (nSPS) is 12.2. The highest BCUT2D eigenvalue weighted by molar-refractivity contribution is 5.35. The molecule has 0 saturated heterocycles. The first kappa shape index (κ1) is 14.5. The van der Waals surface area contributed by atoms with Crippen LogP contribution in [0, 0.1) is 5.82 Å². The van der Waals surface area contributed by atoms with Gasteiger partial charge >= 0.3 is 0 Å². The van der Waals surface area contributed by atoms with Gasteiger partial charge in [0.1, 0.15) is 11.6 Å². The fourth-order valence-electron chi connectivity index (χ4n) is 2.45. The zero-order valence-electron chi connectivity index (χ0n) is 11.9. The summed E-state index contributed by atoms with van der Waals surface area (Å²) < 4.78 is 18.8. The number of nitrogens with one attached hydrogen (secondary N) is 1. The van der Waals surface area contributed by atoms with E-state index in [4.69, 9.17) is 4.74 Å². The minimum atomic E-state index is -0.191. The summed E-state index contributed by atoms with van der Waals surface area (Å²) in [7, 11) is 3.59. The lowest BCUT2D eigenvalue weighted by Crippen LogP contribution is -2.19. The Labute approximate surface area is 119 Å². The van der Waals surface area contributed by atoms with Crippen molar-refractivity contribution in [1.29, 1.82) is 0 Å². The molecular formula is C17H20FNO. The standard InChI is InChI=1S/C17H20FNO/c1-19-12-15(13-7-5-8-16(18)11-13)10-14-6-3-4-9-17(14)20-2/h3-9,11,15,19H,10,12H2,1-2H3. The monoisotopic (exact) mass is 273 g/mol. The molecule has 3 heteroatoms. The van der Waals surface area contributed by atoms with Gasteiger partial charge in [-0.1, -0.05) is 30.3 Å². The molecule has 106 valence electrons. The van der Waals surface area contributed by atoms with E-state index in [1.165, 1.54) is 6.07 Å². The molecule has 0 saturated carbocycles. The van der Waals surface area contributed by atoms with E-state index in [-0.39, 0.29) is 11.7 Å². The summed E-state index contributed by atoms with van der Waals surface area (Å²) in [6, 6.07) is 14.8. The number of likely N-dealkylation sites (N-methyl/N-ethyl adjacent to an activating group) is 1. The van der Waals surface area contributed by atoms with Crippen molar-refractivity contribution in [2.75, 3.05) is 20.7 Å². The van der Waals surface area contributed by atoms with Gasteiger partial charge in [-0.3, -0.25) is 0 Å². The van der Waals surface area contributed by atoms with E-state index in [1.807, 2.05) is 31.3 Å². The predicted molar refractivity (Wildman–Crippen MR) is 79.8 cm³/mol. The molecule has 0 heterocycles. The van der Waals surface area contributed by atoms with Crippen molar-refractivity contribution in [3.05, 3.63) is 65.5 Å². The second-order valence-electron chi connectivity index (χ2n) is 4.83. The Hall–Kier alpha value is -1.87. The van der Waals surface area contributed by atoms with Crippen molar-refractivity contribution >= 4 is 0 Å². The first-order valence-corrected chi connectivity index (χ1v) is 6.76.